The SMILES string of the molecule is C[Si](C)(C)CCOC(=O)N1[C@@H]2C[C@@H](CN(S(=O)(=O)c3ccccc3[N+](=O)[O-])C2)[C@@H]1CO. The number of benzene rings is 1. The number of rotatable bonds is 7. The lowest BCUT2D eigenvalue weighted by molar-refractivity contribution is -0.387. The van der Waals surface area contributed by atoms with E-state index in [-0.39, 0.29) is 30.5 Å². The predicted molar refractivity (Wildman–Crippen MR) is 116 cm³/mol. The lowest BCUT2D eigenvalue weighted by Gasteiger charge is -2.31. The van der Waals surface area contributed by atoms with Crippen molar-refractivity contribution in [1.82, 2.24) is 9.21 Å². The number of carbonyl (C=O) groups is 1. The Balaban J connectivity index is 1.81. The van der Waals surface area contributed by atoms with E-state index in [0.29, 0.717) is 13.0 Å². The van der Waals surface area contributed by atoms with Crippen LogP contribution in [0.4, 0.5) is 10.5 Å². The molecule has 0 unspecified atom stereocenters. The fraction of sp³-hybridized carbons (Fsp3) is 0.632. The van der Waals surface area contributed by atoms with Gasteiger partial charge in [0.05, 0.1) is 24.2 Å². The second-order valence-corrected chi connectivity index (χ2v) is 16.8. The first kappa shape index (κ1) is 23.6. The largest absolute Gasteiger partial charge is 0.450 e. The topological polar surface area (TPSA) is 130 Å². The molecule has 1 N–H and O–H groups in total. The minimum Gasteiger partial charge on any atom is -0.450 e. The number of carbonyl (C=O) groups excluding carboxylic acids is 1. The molecule has 0 saturated carbocycles. The van der Waals surface area contributed by atoms with Crippen molar-refractivity contribution in [2.24, 2.45) is 5.92 Å². The van der Waals surface area contributed by atoms with E-state index >= 15 is 0 Å². The van der Waals surface area contributed by atoms with E-state index in [1.807, 2.05) is 0 Å². The van der Waals surface area contributed by atoms with Gasteiger partial charge in [0.25, 0.3) is 5.69 Å². The average molecular weight is 472 g/mol. The zero-order valence-electron chi connectivity index (χ0n) is 17.9. The van der Waals surface area contributed by atoms with Crippen LogP contribution in [-0.2, 0) is 14.8 Å². The number of amides is 1. The van der Waals surface area contributed by atoms with E-state index < -0.39 is 46.9 Å². The van der Waals surface area contributed by atoms with E-state index in [4.69, 9.17) is 4.74 Å². The number of nitrogens with zero attached hydrogens (tertiary/aromatic N) is 3. The molecule has 0 aliphatic carbocycles. The van der Waals surface area contributed by atoms with Crippen LogP contribution in [-0.4, -0.2) is 80.2 Å². The molecule has 10 nitrogen and oxygen atoms in total. The quantitative estimate of drug-likeness (QED) is 0.366. The summed E-state index contributed by atoms with van der Waals surface area (Å²) < 4.78 is 33.1. The van der Waals surface area contributed by atoms with Gasteiger partial charge in [0.2, 0.25) is 10.0 Å². The molecule has 0 radical (unpaired) electrons. The minimum absolute atomic E-state index is 0.00447. The normalized spacial score (nSPS) is 24.3. The molecule has 2 heterocycles. The third-order valence-electron chi connectivity index (χ3n) is 5.88. The summed E-state index contributed by atoms with van der Waals surface area (Å²) in [6, 6.07) is 5.04. The van der Waals surface area contributed by atoms with Crippen LogP contribution < -0.4 is 0 Å². The maximum atomic E-state index is 13.2. The maximum absolute atomic E-state index is 13.2. The maximum Gasteiger partial charge on any atom is 0.410 e. The summed E-state index contributed by atoms with van der Waals surface area (Å²) in [5.41, 5.74) is -0.484. The number of aliphatic hydroxyl groups is 1. The van der Waals surface area contributed by atoms with E-state index in [2.05, 4.69) is 19.6 Å². The standard InChI is InChI=1S/C19H29N3O7SSi/c1-31(2,3)9-8-29-19(24)21-15-10-14(17(21)13-23)11-20(12-15)30(27,28)18-7-5-4-6-16(18)22(25)26/h4-7,14-15,17,23H,8-13H2,1-3H3/t14-,15+,17-/m0/s1. The number of nitro benzene ring substituents is 1. The van der Waals surface area contributed by atoms with Crippen LogP contribution in [0.2, 0.25) is 25.7 Å². The van der Waals surface area contributed by atoms with Gasteiger partial charge in [-0.3, -0.25) is 15.0 Å². The number of aliphatic hydroxyl groups excluding tert-OH is 1. The van der Waals surface area contributed by atoms with Gasteiger partial charge in [0.15, 0.2) is 4.90 Å². The van der Waals surface area contributed by atoms with Crippen LogP contribution in [0.1, 0.15) is 6.42 Å². The Labute approximate surface area is 183 Å². The zero-order valence-corrected chi connectivity index (χ0v) is 19.7. The predicted octanol–water partition coefficient (Wildman–Crippen LogP) is 2.13. The summed E-state index contributed by atoms with van der Waals surface area (Å²) in [6.45, 7) is 6.59. The van der Waals surface area contributed by atoms with Crippen molar-refractivity contribution in [3.8, 4) is 0 Å². The number of nitro groups is 1. The van der Waals surface area contributed by atoms with Gasteiger partial charge in [-0.2, -0.15) is 4.31 Å². The van der Waals surface area contributed by atoms with Gasteiger partial charge in [0.1, 0.15) is 0 Å². The van der Waals surface area contributed by atoms with Gasteiger partial charge in [-0.05, 0) is 24.4 Å². The molecule has 2 fully saturated rings. The van der Waals surface area contributed by atoms with Crippen molar-refractivity contribution in [3.63, 3.8) is 0 Å². The molecule has 12 heteroatoms. The molecule has 31 heavy (non-hydrogen) atoms. The van der Waals surface area contributed by atoms with Gasteiger partial charge in [-0.25, -0.2) is 13.2 Å². The van der Waals surface area contributed by atoms with Gasteiger partial charge in [-0.1, -0.05) is 31.8 Å². The van der Waals surface area contributed by atoms with Gasteiger partial charge in [0, 0.05) is 33.3 Å². The van der Waals surface area contributed by atoms with Crippen molar-refractivity contribution in [3.05, 3.63) is 34.4 Å². The minimum atomic E-state index is -4.14. The third-order valence-corrected chi connectivity index (χ3v) is 9.46. The molecule has 3 rings (SSSR count). The average Bonchev–Trinajstić information content (AvgIpc) is 2.95. The molecule has 1 aromatic rings. The molecule has 0 spiro atoms. The van der Waals surface area contributed by atoms with E-state index in [1.54, 1.807) is 0 Å². The second-order valence-electron chi connectivity index (χ2n) is 9.28. The van der Waals surface area contributed by atoms with Crippen LogP contribution >= 0.6 is 0 Å². The van der Waals surface area contributed by atoms with Crippen molar-refractivity contribution >= 4 is 29.9 Å². The first-order chi connectivity index (χ1) is 14.5. The fourth-order valence-electron chi connectivity index (χ4n) is 4.25. The third kappa shape index (κ3) is 4.91. The van der Waals surface area contributed by atoms with Crippen LogP contribution in [0.5, 0.6) is 0 Å². The molecule has 1 aromatic carbocycles. The summed E-state index contributed by atoms with van der Waals surface area (Å²) in [5, 5.41) is 21.2. The number of fused-ring (bicyclic) bond motifs is 2. The Morgan fingerprint density at radius 2 is 1.97 bits per heavy atom. The lowest BCUT2D eigenvalue weighted by Crippen LogP contribution is -2.47. The first-order valence-electron chi connectivity index (χ1n) is 10.2. The smallest absolute Gasteiger partial charge is 0.410 e. The zero-order chi connectivity index (χ0) is 23.0. The van der Waals surface area contributed by atoms with Crippen LogP contribution in [0.25, 0.3) is 0 Å². The van der Waals surface area contributed by atoms with Crippen molar-refractivity contribution in [2.45, 2.75) is 49.1 Å². The Morgan fingerprint density at radius 1 is 1.29 bits per heavy atom. The van der Waals surface area contributed by atoms with Gasteiger partial charge >= 0.3 is 6.09 Å². The molecular formula is C19H29N3O7SSi. The van der Waals surface area contributed by atoms with E-state index in [0.717, 1.165) is 12.1 Å². The highest BCUT2D eigenvalue weighted by atomic mass is 32.2. The highest BCUT2D eigenvalue weighted by molar-refractivity contribution is 7.89. The molecule has 2 saturated heterocycles. The summed E-state index contributed by atoms with van der Waals surface area (Å²) >= 11 is 0. The summed E-state index contributed by atoms with van der Waals surface area (Å²) in [4.78, 5) is 24.5. The molecular weight excluding hydrogens is 442 g/mol. The lowest BCUT2D eigenvalue weighted by atomic mass is 9.97. The highest BCUT2D eigenvalue weighted by Gasteiger charge is 2.51. The Hall–Kier alpha value is -2.02. The number of piperidine rings is 1. The van der Waals surface area contributed by atoms with Crippen LogP contribution in [0.3, 0.4) is 0 Å². The number of sulfonamides is 1. The van der Waals surface area contributed by atoms with Crippen molar-refractivity contribution < 1.29 is 28.0 Å². The number of ether oxygens (including phenoxy) is 1. The molecule has 2 aliphatic rings. The Kier molecular flexibility index (Phi) is 6.74. The van der Waals surface area contributed by atoms with E-state index in [1.165, 1.54) is 27.4 Å². The second kappa shape index (κ2) is 8.85. The van der Waals surface area contributed by atoms with E-state index in [9.17, 15) is 28.4 Å². The van der Waals surface area contributed by atoms with Crippen molar-refractivity contribution in [2.75, 3.05) is 26.3 Å². The van der Waals surface area contributed by atoms with Gasteiger partial charge in [-0.15, -0.1) is 0 Å². The first-order valence-corrected chi connectivity index (χ1v) is 15.4. The number of para-hydroxylation sites is 1. The Morgan fingerprint density at radius 3 is 2.58 bits per heavy atom. The summed E-state index contributed by atoms with van der Waals surface area (Å²) in [5.74, 6) is -0.272. The molecule has 3 atom stereocenters. The number of hydrogen-bond donors (Lipinski definition) is 1. The van der Waals surface area contributed by atoms with Crippen LogP contribution in [0.15, 0.2) is 29.2 Å². The molecule has 1 amide bonds. The summed E-state index contributed by atoms with van der Waals surface area (Å²) in [7, 11) is -5.53. The number of hydrogen-bond acceptors (Lipinski definition) is 7. The highest BCUT2D eigenvalue weighted by Crippen LogP contribution is 2.38. The number of likely N-dealkylation sites (tertiary alicyclic amines) is 1. The molecule has 172 valence electrons. The molecule has 2 aliphatic heterocycles. The fourth-order valence-corrected chi connectivity index (χ4v) is 6.66. The van der Waals surface area contributed by atoms with Gasteiger partial charge < -0.3 is 9.84 Å². The monoisotopic (exact) mass is 471 g/mol. The van der Waals surface area contributed by atoms with Crippen molar-refractivity contribution in [1.29, 1.82) is 0 Å². The molecule has 2 bridgehead atoms. The molecule has 0 aromatic heterocycles. The van der Waals surface area contributed by atoms with Crippen LogP contribution in [0, 0.1) is 16.0 Å². The summed E-state index contributed by atoms with van der Waals surface area (Å²) in [6.07, 6.45) is 0.00629. The Bertz CT molecular complexity index is 950.